The summed E-state index contributed by atoms with van der Waals surface area (Å²) in [6.45, 7) is 5.61. The third kappa shape index (κ3) is 2.70. The molecule has 0 aliphatic carbocycles. The Morgan fingerprint density at radius 1 is 1.22 bits per heavy atom. The minimum atomic E-state index is -0.982. The van der Waals surface area contributed by atoms with Crippen LogP contribution in [0.2, 0.25) is 5.02 Å². The Labute approximate surface area is 162 Å². The summed E-state index contributed by atoms with van der Waals surface area (Å²) in [5.74, 6) is -1.91. The van der Waals surface area contributed by atoms with E-state index < -0.39 is 29.0 Å². The Hall–Kier alpha value is -2.18. The SMILES string of the molecule is CC(C)(C)C(=O)NC[C@]12C=C[C@@H](O1)[C@@H]1C(=O)N(c3ccc(Cl)cc3)C(=O)[C@@H]12. The summed E-state index contributed by atoms with van der Waals surface area (Å²) >= 11 is 5.91. The highest BCUT2D eigenvalue weighted by molar-refractivity contribution is 6.31. The van der Waals surface area contributed by atoms with Gasteiger partial charge in [0.15, 0.2) is 0 Å². The third-order valence-corrected chi connectivity index (χ3v) is 5.70. The van der Waals surface area contributed by atoms with Crippen LogP contribution in [0.1, 0.15) is 20.8 Å². The first-order valence-electron chi connectivity index (χ1n) is 8.93. The summed E-state index contributed by atoms with van der Waals surface area (Å²) in [6.07, 6.45) is 3.19. The van der Waals surface area contributed by atoms with E-state index in [1.165, 1.54) is 4.90 Å². The maximum absolute atomic E-state index is 13.2. The summed E-state index contributed by atoms with van der Waals surface area (Å²) < 4.78 is 6.02. The molecule has 4 atom stereocenters. The number of anilines is 1. The van der Waals surface area contributed by atoms with Crippen LogP contribution in [0.25, 0.3) is 0 Å². The average molecular weight is 389 g/mol. The van der Waals surface area contributed by atoms with Gasteiger partial charge < -0.3 is 10.1 Å². The van der Waals surface area contributed by atoms with Crippen LogP contribution in [0.3, 0.4) is 0 Å². The molecule has 3 aliphatic rings. The van der Waals surface area contributed by atoms with Gasteiger partial charge in [0, 0.05) is 10.4 Å². The van der Waals surface area contributed by atoms with Gasteiger partial charge in [-0.3, -0.25) is 14.4 Å². The van der Waals surface area contributed by atoms with Gasteiger partial charge in [0.1, 0.15) is 5.60 Å². The van der Waals surface area contributed by atoms with Gasteiger partial charge in [-0.25, -0.2) is 4.90 Å². The van der Waals surface area contributed by atoms with Crippen molar-refractivity contribution in [2.45, 2.75) is 32.5 Å². The first kappa shape index (κ1) is 18.2. The van der Waals surface area contributed by atoms with Gasteiger partial charge in [-0.2, -0.15) is 0 Å². The van der Waals surface area contributed by atoms with Crippen molar-refractivity contribution in [1.29, 1.82) is 0 Å². The predicted octanol–water partition coefficient (Wildman–Crippen LogP) is 2.32. The number of halogens is 1. The van der Waals surface area contributed by atoms with Crippen LogP contribution in [-0.4, -0.2) is 36.0 Å². The van der Waals surface area contributed by atoms with Crippen molar-refractivity contribution in [2.24, 2.45) is 17.3 Å². The second-order valence-corrected chi connectivity index (χ2v) is 8.76. The van der Waals surface area contributed by atoms with Crippen LogP contribution in [0.15, 0.2) is 36.4 Å². The number of ether oxygens (including phenoxy) is 1. The van der Waals surface area contributed by atoms with Gasteiger partial charge in [0.2, 0.25) is 17.7 Å². The van der Waals surface area contributed by atoms with E-state index in [1.807, 2.05) is 32.9 Å². The number of hydrogen-bond acceptors (Lipinski definition) is 4. The molecular formula is C20H21ClN2O4. The topological polar surface area (TPSA) is 75.7 Å². The molecule has 4 rings (SSSR count). The van der Waals surface area contributed by atoms with Crippen LogP contribution in [0.5, 0.6) is 0 Å². The first-order valence-corrected chi connectivity index (χ1v) is 9.31. The van der Waals surface area contributed by atoms with E-state index in [9.17, 15) is 14.4 Å². The molecule has 1 aromatic rings. The lowest BCUT2D eigenvalue weighted by Crippen LogP contribution is -2.50. The molecule has 2 fully saturated rings. The highest BCUT2D eigenvalue weighted by atomic mass is 35.5. The Balaban J connectivity index is 1.62. The Morgan fingerprint density at radius 3 is 2.52 bits per heavy atom. The molecule has 0 aromatic heterocycles. The molecule has 3 amide bonds. The van der Waals surface area contributed by atoms with Gasteiger partial charge in [-0.15, -0.1) is 0 Å². The predicted molar refractivity (Wildman–Crippen MR) is 100 cm³/mol. The van der Waals surface area contributed by atoms with E-state index in [4.69, 9.17) is 16.3 Å². The summed E-state index contributed by atoms with van der Waals surface area (Å²) in [7, 11) is 0. The van der Waals surface area contributed by atoms with Crippen molar-refractivity contribution in [3.8, 4) is 0 Å². The second-order valence-electron chi connectivity index (χ2n) is 8.32. The van der Waals surface area contributed by atoms with E-state index in [2.05, 4.69) is 5.32 Å². The maximum atomic E-state index is 13.2. The summed E-state index contributed by atoms with van der Waals surface area (Å²) in [5.41, 5.74) is -1.04. The van der Waals surface area contributed by atoms with Crippen molar-refractivity contribution in [2.75, 3.05) is 11.4 Å². The molecule has 1 aromatic carbocycles. The number of carbonyl (C=O) groups excluding carboxylic acids is 3. The number of nitrogens with one attached hydrogen (secondary N) is 1. The van der Waals surface area contributed by atoms with E-state index in [0.29, 0.717) is 10.7 Å². The minimum Gasteiger partial charge on any atom is -0.360 e. The van der Waals surface area contributed by atoms with E-state index in [0.717, 1.165) is 0 Å². The zero-order chi connectivity index (χ0) is 19.6. The molecule has 0 saturated carbocycles. The number of carbonyl (C=O) groups is 3. The largest absolute Gasteiger partial charge is 0.360 e. The van der Waals surface area contributed by atoms with Crippen LogP contribution >= 0.6 is 11.6 Å². The standard InChI is InChI=1S/C20H21ClN2O4/c1-19(2,3)18(26)22-10-20-9-8-13(27-20)14-15(20)17(25)23(16(14)24)12-6-4-11(21)5-7-12/h4-9,13-15H,10H2,1-3H3,(H,22,26)/t13-,14+,15-,20+/m1/s1. The summed E-state index contributed by atoms with van der Waals surface area (Å²) in [6, 6.07) is 6.61. The third-order valence-electron chi connectivity index (χ3n) is 5.45. The fourth-order valence-corrected chi connectivity index (χ4v) is 4.16. The van der Waals surface area contributed by atoms with Gasteiger partial charge in [0.25, 0.3) is 0 Å². The molecule has 0 spiro atoms. The van der Waals surface area contributed by atoms with E-state index in [1.54, 1.807) is 24.3 Å². The molecule has 0 unspecified atom stereocenters. The molecule has 27 heavy (non-hydrogen) atoms. The minimum absolute atomic E-state index is 0.132. The summed E-state index contributed by atoms with van der Waals surface area (Å²) in [4.78, 5) is 39.6. The lowest BCUT2D eigenvalue weighted by atomic mass is 9.76. The Morgan fingerprint density at radius 2 is 1.89 bits per heavy atom. The highest BCUT2D eigenvalue weighted by Crippen LogP contribution is 2.52. The number of rotatable bonds is 3. The lowest BCUT2D eigenvalue weighted by Gasteiger charge is -2.30. The van der Waals surface area contributed by atoms with Crippen molar-refractivity contribution in [1.82, 2.24) is 5.32 Å². The smallest absolute Gasteiger partial charge is 0.241 e. The fraction of sp³-hybridized carbons (Fsp3) is 0.450. The average Bonchev–Trinajstić information content (AvgIpc) is 3.24. The highest BCUT2D eigenvalue weighted by Gasteiger charge is 2.67. The number of imide groups is 1. The van der Waals surface area contributed by atoms with Crippen molar-refractivity contribution >= 4 is 35.0 Å². The molecule has 2 saturated heterocycles. The van der Waals surface area contributed by atoms with Crippen LogP contribution in [0.4, 0.5) is 5.69 Å². The van der Waals surface area contributed by atoms with Crippen molar-refractivity contribution in [3.63, 3.8) is 0 Å². The molecular weight excluding hydrogens is 368 g/mol. The van der Waals surface area contributed by atoms with Gasteiger partial charge >= 0.3 is 0 Å². The molecule has 3 heterocycles. The number of amides is 3. The second kappa shape index (κ2) is 5.91. The van der Waals surface area contributed by atoms with E-state index >= 15 is 0 Å². The molecule has 1 N–H and O–H groups in total. The number of hydrogen-bond donors (Lipinski definition) is 1. The zero-order valence-corrected chi connectivity index (χ0v) is 16.1. The number of nitrogens with zero attached hydrogens (tertiary/aromatic N) is 1. The molecule has 2 bridgehead atoms. The first-order chi connectivity index (χ1) is 12.6. The van der Waals surface area contributed by atoms with Crippen molar-refractivity contribution in [3.05, 3.63) is 41.4 Å². The number of benzene rings is 1. The summed E-state index contributed by atoms with van der Waals surface area (Å²) in [5, 5.41) is 3.41. The van der Waals surface area contributed by atoms with Gasteiger partial charge in [0.05, 0.1) is 30.2 Å². The van der Waals surface area contributed by atoms with Gasteiger partial charge in [-0.1, -0.05) is 44.5 Å². The van der Waals surface area contributed by atoms with Crippen LogP contribution in [0, 0.1) is 17.3 Å². The normalized spacial score (nSPS) is 31.6. The molecule has 142 valence electrons. The molecule has 6 nitrogen and oxygen atoms in total. The van der Waals surface area contributed by atoms with E-state index in [-0.39, 0.29) is 24.3 Å². The quantitative estimate of drug-likeness (QED) is 0.637. The Bertz CT molecular complexity index is 858. The molecule has 3 aliphatic heterocycles. The van der Waals surface area contributed by atoms with Crippen LogP contribution in [-0.2, 0) is 19.1 Å². The molecule has 7 heteroatoms. The maximum Gasteiger partial charge on any atom is 0.241 e. The zero-order valence-electron chi connectivity index (χ0n) is 15.4. The molecule has 0 radical (unpaired) electrons. The fourth-order valence-electron chi connectivity index (χ4n) is 4.03. The van der Waals surface area contributed by atoms with Crippen LogP contribution < -0.4 is 10.2 Å². The Kier molecular flexibility index (Phi) is 3.98. The van der Waals surface area contributed by atoms with Crippen molar-refractivity contribution < 1.29 is 19.1 Å². The number of fused-ring (bicyclic) bond motifs is 5. The monoisotopic (exact) mass is 388 g/mol. The lowest BCUT2D eigenvalue weighted by molar-refractivity contribution is -0.132. The van der Waals surface area contributed by atoms with Gasteiger partial charge in [-0.05, 0) is 24.3 Å².